The van der Waals surface area contributed by atoms with Crippen molar-refractivity contribution in [2.24, 2.45) is 0 Å². The zero-order chi connectivity index (χ0) is 20.1. The van der Waals surface area contributed by atoms with Gasteiger partial charge in [0.25, 0.3) is 0 Å². The van der Waals surface area contributed by atoms with Crippen LogP contribution in [0.2, 0.25) is 0 Å². The van der Waals surface area contributed by atoms with Crippen molar-refractivity contribution in [2.45, 2.75) is 25.7 Å². The molecule has 0 bridgehead atoms. The fraction of sp³-hybridized carbons (Fsp3) is 0.280. The number of hydrogen-bond donors (Lipinski definition) is 0. The molecule has 0 saturated heterocycles. The van der Waals surface area contributed by atoms with Crippen LogP contribution in [0.3, 0.4) is 0 Å². The molecule has 0 atom stereocenters. The first-order valence-electron chi connectivity index (χ1n) is 9.92. The minimum Gasteiger partial charge on any atom is -0.497 e. The first kappa shape index (κ1) is 19.2. The van der Waals surface area contributed by atoms with E-state index in [0.29, 0.717) is 6.79 Å². The average molecular weight is 390 g/mol. The SMILES string of the molecule is COc1cc(CCc2cccc(CCc3ccc4c(c3)OCO4)c2)cc(OC)c1. The van der Waals surface area contributed by atoms with Crippen LogP contribution in [0.25, 0.3) is 0 Å². The largest absolute Gasteiger partial charge is 0.497 e. The van der Waals surface area contributed by atoms with Crippen LogP contribution in [-0.2, 0) is 25.7 Å². The van der Waals surface area contributed by atoms with Gasteiger partial charge in [-0.3, -0.25) is 0 Å². The maximum absolute atomic E-state index is 5.48. The molecule has 0 aliphatic carbocycles. The van der Waals surface area contributed by atoms with Crippen molar-refractivity contribution in [2.75, 3.05) is 21.0 Å². The van der Waals surface area contributed by atoms with Crippen molar-refractivity contribution in [3.8, 4) is 23.0 Å². The summed E-state index contributed by atoms with van der Waals surface area (Å²) in [5, 5.41) is 0. The van der Waals surface area contributed by atoms with Crippen LogP contribution in [-0.4, -0.2) is 21.0 Å². The Kier molecular flexibility index (Phi) is 5.89. The lowest BCUT2D eigenvalue weighted by Gasteiger charge is -2.09. The Morgan fingerprint density at radius 2 is 1.21 bits per heavy atom. The Morgan fingerprint density at radius 3 is 1.86 bits per heavy atom. The van der Waals surface area contributed by atoms with Gasteiger partial charge in [-0.25, -0.2) is 0 Å². The molecule has 0 N–H and O–H groups in total. The van der Waals surface area contributed by atoms with Gasteiger partial charge in [0.2, 0.25) is 6.79 Å². The van der Waals surface area contributed by atoms with Gasteiger partial charge < -0.3 is 18.9 Å². The molecule has 0 aromatic heterocycles. The third kappa shape index (κ3) is 4.83. The number of rotatable bonds is 8. The zero-order valence-electron chi connectivity index (χ0n) is 16.9. The third-order valence-electron chi connectivity index (χ3n) is 5.24. The Balaban J connectivity index is 1.37. The quantitative estimate of drug-likeness (QED) is 0.542. The second-order valence-electron chi connectivity index (χ2n) is 7.23. The van der Waals surface area contributed by atoms with E-state index < -0.39 is 0 Å². The molecule has 0 radical (unpaired) electrons. The molecule has 1 heterocycles. The molecular formula is C25H26O4. The van der Waals surface area contributed by atoms with Crippen molar-refractivity contribution < 1.29 is 18.9 Å². The van der Waals surface area contributed by atoms with Gasteiger partial charge in [-0.2, -0.15) is 0 Å². The van der Waals surface area contributed by atoms with Gasteiger partial charge in [-0.15, -0.1) is 0 Å². The van der Waals surface area contributed by atoms with E-state index >= 15 is 0 Å². The molecule has 0 spiro atoms. The Bertz CT molecular complexity index is 958. The van der Waals surface area contributed by atoms with E-state index in [9.17, 15) is 0 Å². The predicted octanol–water partition coefficient (Wildman–Crippen LogP) is 5.00. The van der Waals surface area contributed by atoms with Gasteiger partial charge in [0.15, 0.2) is 11.5 Å². The number of methoxy groups -OCH3 is 2. The van der Waals surface area contributed by atoms with E-state index in [1.54, 1.807) is 14.2 Å². The number of benzene rings is 3. The van der Waals surface area contributed by atoms with Crippen molar-refractivity contribution in [1.82, 2.24) is 0 Å². The molecule has 0 fully saturated rings. The highest BCUT2D eigenvalue weighted by Crippen LogP contribution is 2.32. The second-order valence-corrected chi connectivity index (χ2v) is 7.23. The lowest BCUT2D eigenvalue weighted by atomic mass is 9.99. The zero-order valence-corrected chi connectivity index (χ0v) is 16.9. The van der Waals surface area contributed by atoms with Crippen molar-refractivity contribution in [3.63, 3.8) is 0 Å². The molecule has 1 aliphatic rings. The fourth-order valence-corrected chi connectivity index (χ4v) is 3.63. The summed E-state index contributed by atoms with van der Waals surface area (Å²) in [6, 6.07) is 21.1. The van der Waals surface area contributed by atoms with E-state index in [-0.39, 0.29) is 0 Å². The number of fused-ring (bicyclic) bond motifs is 1. The highest BCUT2D eigenvalue weighted by atomic mass is 16.7. The number of ether oxygens (including phenoxy) is 4. The van der Waals surface area contributed by atoms with Crippen LogP contribution in [0.5, 0.6) is 23.0 Å². The summed E-state index contributed by atoms with van der Waals surface area (Å²) < 4.78 is 21.6. The molecule has 29 heavy (non-hydrogen) atoms. The second kappa shape index (κ2) is 8.91. The average Bonchev–Trinajstić information content (AvgIpc) is 3.24. The summed E-state index contributed by atoms with van der Waals surface area (Å²) >= 11 is 0. The highest BCUT2D eigenvalue weighted by Gasteiger charge is 2.13. The minimum atomic E-state index is 0.319. The van der Waals surface area contributed by atoms with Gasteiger partial charge in [0, 0.05) is 6.07 Å². The lowest BCUT2D eigenvalue weighted by molar-refractivity contribution is 0.174. The molecular weight excluding hydrogens is 364 g/mol. The topological polar surface area (TPSA) is 36.9 Å². The highest BCUT2D eigenvalue weighted by molar-refractivity contribution is 5.44. The van der Waals surface area contributed by atoms with Crippen LogP contribution < -0.4 is 18.9 Å². The monoisotopic (exact) mass is 390 g/mol. The van der Waals surface area contributed by atoms with Crippen molar-refractivity contribution in [3.05, 3.63) is 82.9 Å². The third-order valence-corrected chi connectivity index (χ3v) is 5.24. The minimum absolute atomic E-state index is 0.319. The summed E-state index contributed by atoms with van der Waals surface area (Å²) in [7, 11) is 3.37. The van der Waals surface area contributed by atoms with Gasteiger partial charge in [-0.05, 0) is 72.2 Å². The summed E-state index contributed by atoms with van der Waals surface area (Å²) in [6.07, 6.45) is 3.90. The molecule has 0 saturated carbocycles. The van der Waals surface area contributed by atoms with E-state index in [2.05, 4.69) is 48.5 Å². The molecule has 4 rings (SSSR count). The lowest BCUT2D eigenvalue weighted by Crippen LogP contribution is -1.97. The number of aryl methyl sites for hydroxylation is 4. The van der Waals surface area contributed by atoms with E-state index in [0.717, 1.165) is 48.7 Å². The van der Waals surface area contributed by atoms with Crippen LogP contribution >= 0.6 is 0 Å². The molecule has 150 valence electrons. The van der Waals surface area contributed by atoms with Crippen molar-refractivity contribution >= 4 is 0 Å². The Hall–Kier alpha value is -3.14. The standard InChI is InChI=1S/C25H26O4/c1-26-22-13-21(14-23(16-22)27-2)9-8-19-5-3-4-18(12-19)6-7-20-10-11-24-25(15-20)29-17-28-24/h3-5,10-16H,6-9,17H2,1-2H3. The smallest absolute Gasteiger partial charge is 0.231 e. The van der Waals surface area contributed by atoms with E-state index in [4.69, 9.17) is 18.9 Å². The maximum Gasteiger partial charge on any atom is 0.231 e. The summed E-state index contributed by atoms with van der Waals surface area (Å²) in [6.45, 7) is 0.319. The van der Waals surface area contributed by atoms with Crippen molar-refractivity contribution in [1.29, 1.82) is 0 Å². The van der Waals surface area contributed by atoms with E-state index in [1.165, 1.54) is 22.3 Å². The first-order valence-corrected chi connectivity index (χ1v) is 9.92. The van der Waals surface area contributed by atoms with E-state index in [1.807, 2.05) is 12.1 Å². The maximum atomic E-state index is 5.48. The van der Waals surface area contributed by atoms with Crippen LogP contribution in [0, 0.1) is 0 Å². The van der Waals surface area contributed by atoms with Crippen LogP contribution in [0.1, 0.15) is 22.3 Å². The van der Waals surface area contributed by atoms with Crippen LogP contribution in [0.15, 0.2) is 60.7 Å². The number of hydrogen-bond acceptors (Lipinski definition) is 4. The van der Waals surface area contributed by atoms with Gasteiger partial charge in [0.1, 0.15) is 11.5 Å². The molecule has 0 amide bonds. The van der Waals surface area contributed by atoms with Gasteiger partial charge in [-0.1, -0.05) is 30.3 Å². The molecule has 3 aromatic carbocycles. The molecule has 3 aromatic rings. The molecule has 4 heteroatoms. The summed E-state index contributed by atoms with van der Waals surface area (Å²) in [5.74, 6) is 3.35. The van der Waals surface area contributed by atoms with Crippen LogP contribution in [0.4, 0.5) is 0 Å². The van der Waals surface area contributed by atoms with Gasteiger partial charge >= 0.3 is 0 Å². The Morgan fingerprint density at radius 1 is 0.621 bits per heavy atom. The first-order chi connectivity index (χ1) is 14.2. The fourth-order valence-electron chi connectivity index (χ4n) is 3.63. The molecule has 0 unspecified atom stereocenters. The molecule has 4 nitrogen and oxygen atoms in total. The summed E-state index contributed by atoms with van der Waals surface area (Å²) in [5.41, 5.74) is 5.17. The normalized spacial score (nSPS) is 12.1. The Labute approximate surface area is 172 Å². The predicted molar refractivity (Wildman–Crippen MR) is 113 cm³/mol. The molecule has 1 aliphatic heterocycles. The van der Waals surface area contributed by atoms with Gasteiger partial charge in [0.05, 0.1) is 14.2 Å². The summed E-state index contributed by atoms with van der Waals surface area (Å²) in [4.78, 5) is 0.